The van der Waals surface area contributed by atoms with E-state index in [0.717, 1.165) is 39.0 Å². The van der Waals surface area contributed by atoms with Gasteiger partial charge in [0.15, 0.2) is 12.6 Å². The van der Waals surface area contributed by atoms with Gasteiger partial charge in [-0.3, -0.25) is 4.79 Å². The molecule has 2 N–H and O–H groups in total. The van der Waals surface area contributed by atoms with Crippen LogP contribution in [0.4, 0.5) is 0 Å². The summed E-state index contributed by atoms with van der Waals surface area (Å²) in [6.45, 7) is 18.0. The smallest absolute Gasteiger partial charge is 0.185 e. The number of carbonyl (C=O) groups excluding carboxylic acids is 1. The van der Waals surface area contributed by atoms with Gasteiger partial charge in [-0.15, -0.1) is 0 Å². The first kappa shape index (κ1) is 36.8. The third-order valence-electron chi connectivity index (χ3n) is 10.6. The summed E-state index contributed by atoms with van der Waals surface area (Å²) in [6, 6.07) is -0.0467. The van der Waals surface area contributed by atoms with E-state index in [2.05, 4.69) is 30.7 Å². The highest BCUT2D eigenvalue weighted by atomic mass is 16.7. The van der Waals surface area contributed by atoms with Crippen LogP contribution in [0.5, 0.6) is 0 Å². The first-order valence-electron chi connectivity index (χ1n) is 16.5. The number of Topliss-reactive ketones (excluding diaryl/α,β-unsaturated/α-hetero) is 1. The van der Waals surface area contributed by atoms with Gasteiger partial charge in [-0.2, -0.15) is 0 Å². The van der Waals surface area contributed by atoms with Gasteiger partial charge in [-0.1, -0.05) is 20.8 Å². The maximum absolute atomic E-state index is 14.3. The van der Waals surface area contributed by atoms with Gasteiger partial charge < -0.3 is 43.9 Å². The monoisotopic (exact) mass is 613 g/mol. The number of piperidine rings is 1. The van der Waals surface area contributed by atoms with Gasteiger partial charge in [0, 0.05) is 38.2 Å². The second-order valence-corrected chi connectivity index (χ2v) is 14.8. The van der Waals surface area contributed by atoms with Gasteiger partial charge >= 0.3 is 0 Å². The van der Waals surface area contributed by atoms with Crippen molar-refractivity contribution in [2.24, 2.45) is 23.2 Å². The van der Waals surface area contributed by atoms with Crippen molar-refractivity contribution in [2.45, 2.75) is 123 Å². The number of ketones is 1. The van der Waals surface area contributed by atoms with Crippen LogP contribution in [-0.2, 0) is 23.7 Å². The van der Waals surface area contributed by atoms with Crippen LogP contribution in [0.15, 0.2) is 0 Å². The molecule has 3 aliphatic rings. The summed E-state index contributed by atoms with van der Waals surface area (Å²) in [7, 11) is 7.69. The summed E-state index contributed by atoms with van der Waals surface area (Å²) >= 11 is 0. The fraction of sp³-hybridized carbons (Fsp3) is 0.970. The maximum atomic E-state index is 14.3. The van der Waals surface area contributed by atoms with Crippen molar-refractivity contribution in [1.82, 2.24) is 14.7 Å². The van der Waals surface area contributed by atoms with Gasteiger partial charge in [0.25, 0.3) is 0 Å². The Labute approximate surface area is 261 Å². The number of likely N-dealkylation sites (tertiary alicyclic amines) is 1. The predicted octanol–water partition coefficient (Wildman–Crippen LogP) is 2.84. The van der Waals surface area contributed by atoms with Gasteiger partial charge in [-0.05, 0) is 99.4 Å². The number of likely N-dealkylation sites (N-methyl/N-ethyl adjacent to an activating group) is 2. The van der Waals surface area contributed by atoms with Crippen LogP contribution < -0.4 is 0 Å². The minimum Gasteiger partial charge on any atom is -0.386 e. The van der Waals surface area contributed by atoms with Crippen LogP contribution in [0.3, 0.4) is 0 Å². The highest BCUT2D eigenvalue weighted by Crippen LogP contribution is 2.39. The zero-order valence-corrected chi connectivity index (χ0v) is 28.9. The first-order chi connectivity index (χ1) is 20.0. The zero-order chi connectivity index (χ0) is 32.3. The van der Waals surface area contributed by atoms with E-state index < -0.39 is 41.7 Å². The Hall–Kier alpha value is -0.690. The van der Waals surface area contributed by atoms with Crippen molar-refractivity contribution < 1.29 is 34.0 Å². The lowest BCUT2D eigenvalue weighted by atomic mass is 9.74. The molecule has 0 spiro atoms. The Bertz CT molecular complexity index is 891. The number of hydrogen-bond acceptors (Lipinski definition) is 10. The SMILES string of the molecule is CCN1CCC[C@@H]([C@@H]2COC(O)C(C)(C)C(=O)[C@H](C)[C@@H](O[C@@H]3O[C@H](C)C[C@H](N(C)C)[C@H]3O)[C@](C)(OC)C[C@@H](C)CN2C)C1. The number of aliphatic hydroxyl groups excluding tert-OH is 2. The maximum Gasteiger partial charge on any atom is 0.185 e. The molecule has 3 saturated heterocycles. The normalized spacial score (nSPS) is 43.2. The molecule has 0 saturated carbocycles. The molecule has 11 atom stereocenters. The summed E-state index contributed by atoms with van der Waals surface area (Å²) in [5.41, 5.74) is -2.08. The molecule has 0 amide bonds. The average molecular weight is 614 g/mol. The molecule has 0 aromatic rings. The van der Waals surface area contributed by atoms with Gasteiger partial charge in [0.05, 0.1) is 29.8 Å². The molecular weight excluding hydrogens is 550 g/mol. The molecule has 0 aromatic carbocycles. The molecule has 0 aliphatic carbocycles. The van der Waals surface area contributed by atoms with Crippen LogP contribution in [0.1, 0.15) is 74.1 Å². The summed E-state index contributed by atoms with van der Waals surface area (Å²) in [6.07, 6.45) is -0.427. The molecule has 3 aliphatic heterocycles. The third-order valence-corrected chi connectivity index (χ3v) is 10.6. The molecule has 10 heteroatoms. The number of nitrogens with zero attached hydrogens (tertiary/aromatic N) is 3. The average Bonchev–Trinajstić information content (AvgIpc) is 2.95. The van der Waals surface area contributed by atoms with Crippen LogP contribution in [0.2, 0.25) is 0 Å². The topological polar surface area (TPSA) is 104 Å². The largest absolute Gasteiger partial charge is 0.386 e. The zero-order valence-electron chi connectivity index (χ0n) is 28.9. The Kier molecular flexibility index (Phi) is 13.1. The van der Waals surface area contributed by atoms with E-state index in [1.807, 2.05) is 39.8 Å². The number of methoxy groups -OCH3 is 1. The Morgan fingerprint density at radius 3 is 2.40 bits per heavy atom. The minimum absolute atomic E-state index is 0.103. The molecule has 3 rings (SSSR count). The van der Waals surface area contributed by atoms with E-state index in [0.29, 0.717) is 25.4 Å². The van der Waals surface area contributed by atoms with E-state index in [9.17, 15) is 15.0 Å². The standard InChI is InChI=1S/C33H63N3O7/c1-12-36-15-13-14-24(19-36)26-20-41-31(39)32(5,6)28(38)23(4)29(33(7,40-11)17-21(2)18-35(26)10)43-30-27(37)25(34(8)9)16-22(3)42-30/h21-27,29-31,37,39H,12-20H2,1-11H3/t21-,22-,23+,24-,25+,26+,27-,29-,30+,31?,33-/m1/s1. The summed E-state index contributed by atoms with van der Waals surface area (Å²) < 4.78 is 25.3. The second kappa shape index (κ2) is 15.3. The molecule has 0 aromatic heterocycles. The van der Waals surface area contributed by atoms with Crippen molar-refractivity contribution in [1.29, 1.82) is 0 Å². The lowest BCUT2D eigenvalue weighted by Gasteiger charge is -2.47. The first-order valence-corrected chi connectivity index (χ1v) is 16.5. The minimum atomic E-state index is -1.29. The second-order valence-electron chi connectivity index (χ2n) is 14.8. The van der Waals surface area contributed by atoms with Crippen LogP contribution >= 0.6 is 0 Å². The number of rotatable bonds is 6. The van der Waals surface area contributed by atoms with Gasteiger partial charge in [0.2, 0.25) is 0 Å². The molecule has 3 fully saturated rings. The van der Waals surface area contributed by atoms with E-state index in [-0.39, 0.29) is 29.9 Å². The number of aliphatic hydroxyl groups is 2. The van der Waals surface area contributed by atoms with Gasteiger partial charge in [-0.25, -0.2) is 0 Å². The fourth-order valence-electron chi connectivity index (χ4n) is 7.85. The summed E-state index contributed by atoms with van der Waals surface area (Å²) in [5.74, 6) is -0.257. The predicted molar refractivity (Wildman–Crippen MR) is 168 cm³/mol. The van der Waals surface area contributed by atoms with Crippen molar-refractivity contribution in [2.75, 3.05) is 61.0 Å². The summed E-state index contributed by atoms with van der Waals surface area (Å²) in [5, 5.41) is 22.7. The number of hydrogen-bond donors (Lipinski definition) is 2. The van der Waals surface area contributed by atoms with E-state index >= 15 is 0 Å². The molecular formula is C33H63N3O7. The van der Waals surface area contributed by atoms with E-state index in [1.165, 1.54) is 0 Å². The Morgan fingerprint density at radius 2 is 1.79 bits per heavy atom. The quantitative estimate of drug-likeness (QED) is 0.465. The van der Waals surface area contributed by atoms with E-state index in [4.69, 9.17) is 18.9 Å². The molecule has 10 nitrogen and oxygen atoms in total. The van der Waals surface area contributed by atoms with Crippen molar-refractivity contribution in [3.8, 4) is 0 Å². The number of carbonyl (C=O) groups is 1. The molecule has 0 bridgehead atoms. The lowest BCUT2D eigenvalue weighted by Crippen LogP contribution is -2.59. The highest BCUT2D eigenvalue weighted by molar-refractivity contribution is 5.87. The van der Waals surface area contributed by atoms with Crippen molar-refractivity contribution in [3.05, 3.63) is 0 Å². The molecule has 1 unspecified atom stereocenters. The lowest BCUT2D eigenvalue weighted by molar-refractivity contribution is -0.296. The molecule has 3 heterocycles. The summed E-state index contributed by atoms with van der Waals surface area (Å²) in [4.78, 5) is 21.1. The van der Waals surface area contributed by atoms with Crippen molar-refractivity contribution in [3.63, 3.8) is 0 Å². The third kappa shape index (κ3) is 8.57. The molecule has 252 valence electrons. The van der Waals surface area contributed by atoms with Crippen LogP contribution in [0.25, 0.3) is 0 Å². The Morgan fingerprint density at radius 1 is 1.12 bits per heavy atom. The van der Waals surface area contributed by atoms with E-state index in [1.54, 1.807) is 21.0 Å². The number of ether oxygens (including phenoxy) is 4. The fourth-order valence-corrected chi connectivity index (χ4v) is 7.85. The molecule has 43 heavy (non-hydrogen) atoms. The molecule has 0 radical (unpaired) electrons. The van der Waals surface area contributed by atoms with Crippen LogP contribution in [-0.4, -0.2) is 140 Å². The van der Waals surface area contributed by atoms with Gasteiger partial charge in [0.1, 0.15) is 11.9 Å². The van der Waals surface area contributed by atoms with Crippen molar-refractivity contribution >= 4 is 5.78 Å². The van der Waals surface area contributed by atoms with Crippen LogP contribution in [0, 0.1) is 23.2 Å². The Balaban J connectivity index is 1.98. The highest BCUT2D eigenvalue weighted by Gasteiger charge is 2.51.